The van der Waals surface area contributed by atoms with Crippen LogP contribution in [0.2, 0.25) is 0 Å². The highest BCUT2D eigenvalue weighted by Gasteiger charge is 1.97. The molecule has 0 fully saturated rings. The second-order valence-electron chi connectivity index (χ2n) is 4.21. The Balaban J connectivity index is 1.63. The summed E-state index contributed by atoms with van der Waals surface area (Å²) < 4.78 is 5.14. The zero-order chi connectivity index (χ0) is 13.5. The van der Waals surface area contributed by atoms with E-state index >= 15 is 0 Å². The summed E-state index contributed by atoms with van der Waals surface area (Å²) in [6.07, 6.45) is 0. The number of benzene rings is 1. The molecule has 4 heteroatoms. The van der Waals surface area contributed by atoms with Crippen LogP contribution < -0.4 is 10.1 Å². The van der Waals surface area contributed by atoms with Crippen molar-refractivity contribution < 1.29 is 4.74 Å². The van der Waals surface area contributed by atoms with Crippen LogP contribution in [0.4, 0.5) is 0 Å². The van der Waals surface area contributed by atoms with Crippen LogP contribution in [0.25, 0.3) is 0 Å². The molecule has 1 aromatic carbocycles. The largest absolute Gasteiger partial charge is 0.497 e. The van der Waals surface area contributed by atoms with Gasteiger partial charge in [-0.3, -0.25) is 0 Å². The molecule has 0 saturated carbocycles. The van der Waals surface area contributed by atoms with Gasteiger partial charge in [0.2, 0.25) is 0 Å². The van der Waals surface area contributed by atoms with Gasteiger partial charge in [-0.25, -0.2) is 0 Å². The highest BCUT2D eigenvalue weighted by atomic mass is 32.2. The highest BCUT2D eigenvalue weighted by Crippen LogP contribution is 2.20. The van der Waals surface area contributed by atoms with E-state index in [1.54, 1.807) is 7.11 Å². The fourth-order valence-electron chi connectivity index (χ4n) is 1.70. The molecule has 2 aromatic rings. The summed E-state index contributed by atoms with van der Waals surface area (Å²) >= 11 is 3.73. The van der Waals surface area contributed by atoms with E-state index in [0.29, 0.717) is 0 Å². The third-order valence-corrected chi connectivity index (χ3v) is 4.72. The zero-order valence-electron chi connectivity index (χ0n) is 11.3. The fourth-order valence-corrected chi connectivity index (χ4v) is 3.38. The smallest absolute Gasteiger partial charge is 0.118 e. The molecule has 19 heavy (non-hydrogen) atoms. The lowest BCUT2D eigenvalue weighted by Crippen LogP contribution is -2.15. The molecule has 0 unspecified atom stereocenters. The van der Waals surface area contributed by atoms with E-state index in [-0.39, 0.29) is 0 Å². The van der Waals surface area contributed by atoms with Gasteiger partial charge in [0.15, 0.2) is 0 Å². The van der Waals surface area contributed by atoms with Gasteiger partial charge < -0.3 is 10.1 Å². The molecule has 0 saturated heterocycles. The van der Waals surface area contributed by atoms with E-state index in [0.717, 1.165) is 24.6 Å². The molecule has 2 rings (SSSR count). The van der Waals surface area contributed by atoms with E-state index in [1.165, 1.54) is 14.6 Å². The monoisotopic (exact) mass is 293 g/mol. The van der Waals surface area contributed by atoms with Crippen molar-refractivity contribution in [3.63, 3.8) is 0 Å². The van der Waals surface area contributed by atoms with Gasteiger partial charge in [-0.1, -0.05) is 0 Å². The second kappa shape index (κ2) is 7.58. The lowest BCUT2D eigenvalue weighted by Gasteiger charge is -2.04. The van der Waals surface area contributed by atoms with E-state index in [2.05, 4.69) is 36.5 Å². The van der Waals surface area contributed by atoms with Crippen molar-refractivity contribution in [3.8, 4) is 5.75 Å². The SMILES string of the molecule is COc1ccc(SCCNCc2ccc(C)s2)cc1. The van der Waals surface area contributed by atoms with Crippen LogP contribution >= 0.6 is 23.1 Å². The van der Waals surface area contributed by atoms with Crippen LogP contribution in [0.3, 0.4) is 0 Å². The Bertz CT molecular complexity index is 493. The molecule has 0 atom stereocenters. The topological polar surface area (TPSA) is 21.3 Å². The molecule has 1 aromatic heterocycles. The van der Waals surface area contributed by atoms with Crippen LogP contribution in [-0.2, 0) is 6.54 Å². The number of thioether (sulfide) groups is 1. The van der Waals surface area contributed by atoms with Crippen molar-refractivity contribution >= 4 is 23.1 Å². The third-order valence-electron chi connectivity index (χ3n) is 2.70. The molecule has 0 radical (unpaired) electrons. The minimum absolute atomic E-state index is 0.913. The van der Waals surface area contributed by atoms with Crippen LogP contribution in [-0.4, -0.2) is 19.4 Å². The predicted octanol–water partition coefficient (Wildman–Crippen LogP) is 3.95. The maximum Gasteiger partial charge on any atom is 0.118 e. The summed E-state index contributed by atoms with van der Waals surface area (Å²) in [6, 6.07) is 12.6. The number of rotatable bonds is 7. The molecule has 2 nitrogen and oxygen atoms in total. The Morgan fingerprint density at radius 2 is 1.95 bits per heavy atom. The average molecular weight is 293 g/mol. The first-order valence-electron chi connectivity index (χ1n) is 6.31. The maximum absolute atomic E-state index is 5.14. The molecule has 0 aliphatic carbocycles. The first-order valence-corrected chi connectivity index (χ1v) is 8.11. The summed E-state index contributed by atoms with van der Waals surface area (Å²) in [5, 5.41) is 3.47. The zero-order valence-corrected chi connectivity index (χ0v) is 12.9. The number of hydrogen-bond acceptors (Lipinski definition) is 4. The molecule has 102 valence electrons. The third kappa shape index (κ3) is 4.90. The standard InChI is InChI=1S/C15H19NOS2/c1-12-3-6-15(19-12)11-16-9-10-18-14-7-4-13(17-2)5-8-14/h3-8,16H,9-11H2,1-2H3. The number of ether oxygens (including phenoxy) is 1. The first kappa shape index (κ1) is 14.4. The van der Waals surface area contributed by atoms with Gasteiger partial charge in [-0.15, -0.1) is 23.1 Å². The predicted molar refractivity (Wildman–Crippen MR) is 84.5 cm³/mol. The van der Waals surface area contributed by atoms with Crippen molar-refractivity contribution in [2.24, 2.45) is 0 Å². The Kier molecular flexibility index (Phi) is 5.76. The first-order chi connectivity index (χ1) is 9.28. The quantitative estimate of drug-likeness (QED) is 0.617. The number of thiophene rings is 1. The average Bonchev–Trinajstić information content (AvgIpc) is 2.85. The van der Waals surface area contributed by atoms with Gasteiger partial charge in [0.1, 0.15) is 5.75 Å². The molecule has 0 aliphatic heterocycles. The Morgan fingerprint density at radius 1 is 1.16 bits per heavy atom. The van der Waals surface area contributed by atoms with Gasteiger partial charge >= 0.3 is 0 Å². The van der Waals surface area contributed by atoms with Crippen molar-refractivity contribution in [1.29, 1.82) is 0 Å². The number of hydrogen-bond donors (Lipinski definition) is 1. The number of methoxy groups -OCH3 is 1. The molecule has 0 amide bonds. The lowest BCUT2D eigenvalue weighted by atomic mass is 10.3. The summed E-state index contributed by atoms with van der Waals surface area (Å²) in [5.41, 5.74) is 0. The Morgan fingerprint density at radius 3 is 2.58 bits per heavy atom. The maximum atomic E-state index is 5.14. The van der Waals surface area contributed by atoms with E-state index in [9.17, 15) is 0 Å². The molecule has 0 aliphatic rings. The number of nitrogens with one attached hydrogen (secondary N) is 1. The highest BCUT2D eigenvalue weighted by molar-refractivity contribution is 7.99. The van der Waals surface area contributed by atoms with E-state index in [1.807, 2.05) is 35.2 Å². The summed E-state index contributed by atoms with van der Waals surface area (Å²) in [4.78, 5) is 4.07. The van der Waals surface area contributed by atoms with E-state index < -0.39 is 0 Å². The summed E-state index contributed by atoms with van der Waals surface area (Å²) in [5.74, 6) is 1.99. The summed E-state index contributed by atoms with van der Waals surface area (Å²) in [6.45, 7) is 4.14. The van der Waals surface area contributed by atoms with Crippen LogP contribution in [0, 0.1) is 6.92 Å². The molecular formula is C15H19NOS2. The van der Waals surface area contributed by atoms with Gasteiger partial charge in [0.25, 0.3) is 0 Å². The van der Waals surface area contributed by atoms with Gasteiger partial charge in [-0.05, 0) is 43.3 Å². The van der Waals surface area contributed by atoms with Crippen molar-refractivity contribution in [1.82, 2.24) is 5.32 Å². The molecule has 1 heterocycles. The van der Waals surface area contributed by atoms with Crippen LogP contribution in [0.15, 0.2) is 41.3 Å². The number of aryl methyl sites for hydroxylation is 1. The molecule has 0 spiro atoms. The minimum Gasteiger partial charge on any atom is -0.497 e. The van der Waals surface area contributed by atoms with Crippen LogP contribution in [0.5, 0.6) is 5.75 Å². The van der Waals surface area contributed by atoms with Crippen LogP contribution in [0.1, 0.15) is 9.75 Å². The van der Waals surface area contributed by atoms with Gasteiger partial charge in [-0.2, -0.15) is 0 Å². The minimum atomic E-state index is 0.913. The molecule has 0 bridgehead atoms. The molecule has 1 N–H and O–H groups in total. The Labute approximate surface area is 123 Å². The summed E-state index contributed by atoms with van der Waals surface area (Å²) in [7, 11) is 1.69. The molecular weight excluding hydrogens is 274 g/mol. The van der Waals surface area contributed by atoms with Crippen molar-refractivity contribution in [2.75, 3.05) is 19.4 Å². The van der Waals surface area contributed by atoms with E-state index in [4.69, 9.17) is 4.74 Å². The van der Waals surface area contributed by atoms with Crippen molar-refractivity contribution in [3.05, 3.63) is 46.2 Å². The second-order valence-corrected chi connectivity index (χ2v) is 6.75. The fraction of sp³-hybridized carbons (Fsp3) is 0.333. The lowest BCUT2D eigenvalue weighted by molar-refractivity contribution is 0.414. The van der Waals surface area contributed by atoms with Gasteiger partial charge in [0.05, 0.1) is 7.11 Å². The normalized spacial score (nSPS) is 10.6. The van der Waals surface area contributed by atoms with Gasteiger partial charge in [0, 0.05) is 33.5 Å². The Hall–Kier alpha value is -0.970. The van der Waals surface area contributed by atoms with Crippen molar-refractivity contribution in [2.45, 2.75) is 18.4 Å².